The van der Waals surface area contributed by atoms with Crippen molar-refractivity contribution < 1.29 is 9.47 Å². The Morgan fingerprint density at radius 1 is 1.14 bits per heavy atom. The second-order valence-corrected chi connectivity index (χ2v) is 10.0. The number of anilines is 2. The van der Waals surface area contributed by atoms with Crippen LogP contribution in [-0.2, 0) is 17.7 Å². The highest BCUT2D eigenvalue weighted by Crippen LogP contribution is 2.30. The molecule has 0 aliphatic carbocycles. The van der Waals surface area contributed by atoms with Gasteiger partial charge in [-0.15, -0.1) is 0 Å². The molecular weight excluding hydrogens is 480 g/mol. The number of hydrogen-bond donors (Lipinski definition) is 1. The van der Waals surface area contributed by atoms with Crippen molar-refractivity contribution in [3.05, 3.63) is 52.5 Å². The first-order chi connectivity index (χ1) is 17.1. The fourth-order valence-electron chi connectivity index (χ4n) is 4.73. The lowest BCUT2D eigenvalue weighted by molar-refractivity contribution is 0.0358. The molecule has 0 unspecified atom stereocenters. The molecule has 0 atom stereocenters. The third kappa shape index (κ3) is 7.00. The minimum absolute atomic E-state index is 0.641. The molecule has 6 nitrogen and oxygen atoms in total. The van der Waals surface area contributed by atoms with Gasteiger partial charge in [0.05, 0.1) is 26.0 Å². The largest absolute Gasteiger partial charge is 0.495 e. The van der Waals surface area contributed by atoms with Crippen molar-refractivity contribution in [3.8, 4) is 5.75 Å². The number of benzene rings is 2. The van der Waals surface area contributed by atoms with Gasteiger partial charge in [-0.3, -0.25) is 4.90 Å². The van der Waals surface area contributed by atoms with Crippen molar-refractivity contribution in [2.24, 2.45) is 0 Å². The first kappa shape index (κ1) is 26.0. The van der Waals surface area contributed by atoms with Gasteiger partial charge in [0.25, 0.3) is 0 Å². The molecule has 1 saturated heterocycles. The van der Waals surface area contributed by atoms with E-state index in [0.29, 0.717) is 10.1 Å². The molecule has 0 spiro atoms. The van der Waals surface area contributed by atoms with Crippen molar-refractivity contribution in [1.82, 2.24) is 9.80 Å². The van der Waals surface area contributed by atoms with Crippen LogP contribution in [-0.4, -0.2) is 74.5 Å². The van der Waals surface area contributed by atoms with Crippen LogP contribution in [0.4, 0.5) is 11.4 Å². The molecule has 2 aromatic carbocycles. The Bertz CT molecular complexity index is 999. The number of nitrogens with one attached hydrogen (secondary N) is 1. The van der Waals surface area contributed by atoms with Crippen LogP contribution in [0.1, 0.15) is 30.9 Å². The smallest absolute Gasteiger partial charge is 0.173 e. The third-order valence-electron chi connectivity index (χ3n) is 6.77. The van der Waals surface area contributed by atoms with Crippen molar-refractivity contribution in [3.63, 3.8) is 0 Å². The minimum atomic E-state index is 0.641. The maximum atomic E-state index is 6.25. The number of morpholine rings is 1. The van der Waals surface area contributed by atoms with Crippen molar-refractivity contribution in [2.45, 2.75) is 32.7 Å². The number of methoxy groups -OCH3 is 1. The summed E-state index contributed by atoms with van der Waals surface area (Å²) in [5.74, 6) is 0.717. The first-order valence-electron chi connectivity index (χ1n) is 12.6. The number of thiocarbonyl (C=S) groups is 1. The predicted molar refractivity (Wildman–Crippen MR) is 149 cm³/mol. The average Bonchev–Trinajstić information content (AvgIpc) is 3.28. The van der Waals surface area contributed by atoms with Gasteiger partial charge in [-0.25, -0.2) is 0 Å². The fraction of sp³-hybridized carbons (Fsp3) is 0.519. The Labute approximate surface area is 220 Å². The van der Waals surface area contributed by atoms with Crippen LogP contribution in [0.25, 0.3) is 0 Å². The Hall–Kier alpha value is -2.06. The summed E-state index contributed by atoms with van der Waals surface area (Å²) in [6, 6.07) is 12.4. The van der Waals surface area contributed by atoms with E-state index in [1.165, 1.54) is 29.7 Å². The molecule has 4 rings (SSSR count). The normalized spacial score (nSPS) is 15.7. The summed E-state index contributed by atoms with van der Waals surface area (Å²) in [5, 5.41) is 4.70. The van der Waals surface area contributed by atoms with E-state index < -0.39 is 0 Å². The molecule has 8 heteroatoms. The van der Waals surface area contributed by atoms with Crippen molar-refractivity contribution >= 4 is 40.3 Å². The molecule has 0 bridgehead atoms. The summed E-state index contributed by atoms with van der Waals surface area (Å²) >= 11 is 12.2. The molecule has 2 aliphatic heterocycles. The van der Waals surface area contributed by atoms with Gasteiger partial charge in [0.1, 0.15) is 5.75 Å². The molecule has 1 N–H and O–H groups in total. The lowest BCUT2D eigenvalue weighted by atomic mass is 10.1. The Balaban J connectivity index is 1.48. The SMILES string of the molecule is CCCCN1CCc2cc(CN(CCN3CCOCC3)C(=S)Nc3cc(Cl)ccc3OC)ccc21. The van der Waals surface area contributed by atoms with E-state index in [9.17, 15) is 0 Å². The van der Waals surface area contributed by atoms with Gasteiger partial charge in [0.2, 0.25) is 0 Å². The second kappa shape index (κ2) is 12.8. The van der Waals surface area contributed by atoms with E-state index in [0.717, 1.165) is 76.9 Å². The monoisotopic (exact) mass is 516 g/mol. The van der Waals surface area contributed by atoms with E-state index in [4.69, 9.17) is 33.3 Å². The zero-order chi connectivity index (χ0) is 24.6. The van der Waals surface area contributed by atoms with Gasteiger partial charge in [0, 0.05) is 56.5 Å². The molecule has 0 aromatic heterocycles. The minimum Gasteiger partial charge on any atom is -0.495 e. The summed E-state index contributed by atoms with van der Waals surface area (Å²) < 4.78 is 11.0. The zero-order valence-electron chi connectivity index (χ0n) is 20.9. The molecule has 0 radical (unpaired) electrons. The van der Waals surface area contributed by atoms with E-state index in [1.807, 2.05) is 18.2 Å². The molecule has 190 valence electrons. The molecule has 1 fully saturated rings. The van der Waals surface area contributed by atoms with Crippen LogP contribution in [0, 0.1) is 0 Å². The zero-order valence-corrected chi connectivity index (χ0v) is 22.5. The lowest BCUT2D eigenvalue weighted by Gasteiger charge is -2.32. The van der Waals surface area contributed by atoms with Crippen molar-refractivity contribution in [1.29, 1.82) is 0 Å². The van der Waals surface area contributed by atoms with Crippen LogP contribution < -0.4 is 15.0 Å². The summed E-state index contributed by atoms with van der Waals surface area (Å²) in [6.45, 7) is 10.5. The summed E-state index contributed by atoms with van der Waals surface area (Å²) in [5.41, 5.74) is 4.90. The van der Waals surface area contributed by atoms with E-state index in [-0.39, 0.29) is 0 Å². The molecule has 2 aliphatic rings. The number of hydrogen-bond acceptors (Lipinski definition) is 5. The van der Waals surface area contributed by atoms with Crippen LogP contribution in [0.3, 0.4) is 0 Å². The summed E-state index contributed by atoms with van der Waals surface area (Å²) in [7, 11) is 1.65. The number of ether oxygens (including phenoxy) is 2. The molecule has 0 amide bonds. The highest BCUT2D eigenvalue weighted by molar-refractivity contribution is 7.80. The topological polar surface area (TPSA) is 40.2 Å². The maximum absolute atomic E-state index is 6.25. The second-order valence-electron chi connectivity index (χ2n) is 9.20. The van der Waals surface area contributed by atoms with E-state index >= 15 is 0 Å². The van der Waals surface area contributed by atoms with Gasteiger partial charge in [-0.05, 0) is 60.5 Å². The highest BCUT2D eigenvalue weighted by Gasteiger charge is 2.21. The number of nitrogens with zero attached hydrogens (tertiary/aromatic N) is 3. The standard InChI is InChI=1S/C27H37ClN4O2S/c1-3-4-10-31-11-9-22-18-21(5-7-25(22)31)20-32(13-12-30-14-16-34-17-15-30)27(35)29-24-19-23(28)6-8-26(24)33-2/h5-8,18-19H,3-4,9-17,20H2,1-2H3,(H,29,35). The number of unbranched alkanes of at least 4 members (excludes halogenated alkanes) is 1. The van der Waals surface area contributed by atoms with Crippen molar-refractivity contribution in [2.75, 3.05) is 69.8 Å². The number of rotatable bonds is 10. The van der Waals surface area contributed by atoms with Gasteiger partial charge in [-0.1, -0.05) is 37.1 Å². The Morgan fingerprint density at radius 2 is 1.97 bits per heavy atom. The van der Waals surface area contributed by atoms with E-state index in [2.05, 4.69) is 45.1 Å². The summed E-state index contributed by atoms with van der Waals surface area (Å²) in [4.78, 5) is 7.21. The fourth-order valence-corrected chi connectivity index (χ4v) is 5.17. The van der Waals surface area contributed by atoms with Crippen LogP contribution in [0.2, 0.25) is 5.02 Å². The Kier molecular flexibility index (Phi) is 9.49. The van der Waals surface area contributed by atoms with Gasteiger partial charge in [0.15, 0.2) is 5.11 Å². The van der Waals surface area contributed by atoms with Gasteiger partial charge >= 0.3 is 0 Å². The van der Waals surface area contributed by atoms with Gasteiger partial charge < -0.3 is 24.6 Å². The van der Waals surface area contributed by atoms with E-state index in [1.54, 1.807) is 7.11 Å². The van der Waals surface area contributed by atoms with Crippen LogP contribution in [0.15, 0.2) is 36.4 Å². The molecule has 2 aromatic rings. The van der Waals surface area contributed by atoms with Crippen LogP contribution in [0.5, 0.6) is 5.75 Å². The highest BCUT2D eigenvalue weighted by atomic mass is 35.5. The predicted octanol–water partition coefficient (Wildman–Crippen LogP) is 5.04. The van der Waals surface area contributed by atoms with Gasteiger partial charge in [-0.2, -0.15) is 0 Å². The molecular formula is C27H37ClN4O2S. The molecule has 2 heterocycles. The first-order valence-corrected chi connectivity index (χ1v) is 13.4. The molecule has 0 saturated carbocycles. The number of fused-ring (bicyclic) bond motifs is 1. The summed E-state index contributed by atoms with van der Waals surface area (Å²) in [6.07, 6.45) is 3.58. The average molecular weight is 517 g/mol. The lowest BCUT2D eigenvalue weighted by Crippen LogP contribution is -2.44. The quantitative estimate of drug-likeness (QED) is 0.443. The third-order valence-corrected chi connectivity index (χ3v) is 7.37. The Morgan fingerprint density at radius 3 is 2.74 bits per heavy atom. The number of halogens is 1. The van der Waals surface area contributed by atoms with Crippen LogP contribution >= 0.6 is 23.8 Å². The molecule has 35 heavy (non-hydrogen) atoms. The maximum Gasteiger partial charge on any atom is 0.173 e.